The van der Waals surface area contributed by atoms with Crippen molar-refractivity contribution in [2.24, 2.45) is 5.92 Å². The number of likely N-dealkylation sites (N-methyl/N-ethyl adjacent to an activating group) is 1. The van der Waals surface area contributed by atoms with Crippen LogP contribution in [-0.4, -0.2) is 49.3 Å². The van der Waals surface area contributed by atoms with Gasteiger partial charge in [-0.25, -0.2) is 13.6 Å². The topological polar surface area (TPSA) is 64.6 Å². The molecule has 1 aromatic rings. The third-order valence-electron chi connectivity index (χ3n) is 3.72. The minimum atomic E-state index is -0.649. The fourth-order valence-electron chi connectivity index (χ4n) is 2.55. The zero-order valence-corrected chi connectivity index (χ0v) is 14.6. The number of urea groups is 1. The molecule has 0 saturated carbocycles. The van der Waals surface area contributed by atoms with Gasteiger partial charge < -0.3 is 20.6 Å². The van der Waals surface area contributed by atoms with Crippen molar-refractivity contribution >= 4 is 6.03 Å². The van der Waals surface area contributed by atoms with E-state index in [0.717, 1.165) is 0 Å². The first-order valence-electron chi connectivity index (χ1n) is 8.01. The summed E-state index contributed by atoms with van der Waals surface area (Å²) in [6.07, 6.45) is 0.642. The lowest BCUT2D eigenvalue weighted by atomic mass is 10.0. The third-order valence-corrected chi connectivity index (χ3v) is 3.72. The SMILES string of the molecule is CC(C)CC(CO)NC(=O)NCC(c1c(F)cccc1F)N(C)C. The number of hydrogen-bond donors (Lipinski definition) is 3. The Balaban J connectivity index is 2.72. The van der Waals surface area contributed by atoms with Crippen molar-refractivity contribution in [3.63, 3.8) is 0 Å². The molecule has 0 saturated heterocycles. The van der Waals surface area contributed by atoms with E-state index in [4.69, 9.17) is 0 Å². The molecule has 24 heavy (non-hydrogen) atoms. The molecule has 0 aromatic heterocycles. The molecule has 1 rings (SSSR count). The van der Waals surface area contributed by atoms with E-state index in [0.29, 0.717) is 12.3 Å². The zero-order chi connectivity index (χ0) is 18.3. The summed E-state index contributed by atoms with van der Waals surface area (Å²) in [5.41, 5.74) is -0.0799. The first kappa shape index (κ1) is 20.3. The van der Waals surface area contributed by atoms with Crippen LogP contribution >= 0.6 is 0 Å². The van der Waals surface area contributed by atoms with Crippen LogP contribution in [-0.2, 0) is 0 Å². The lowest BCUT2D eigenvalue weighted by Gasteiger charge is -2.26. The van der Waals surface area contributed by atoms with Crippen LogP contribution in [0.4, 0.5) is 13.6 Å². The summed E-state index contributed by atoms with van der Waals surface area (Å²) >= 11 is 0. The molecule has 5 nitrogen and oxygen atoms in total. The summed E-state index contributed by atoms with van der Waals surface area (Å²) in [4.78, 5) is 13.6. The molecular formula is C17H27F2N3O2. The number of hydrogen-bond acceptors (Lipinski definition) is 3. The van der Waals surface area contributed by atoms with Gasteiger partial charge in [-0.3, -0.25) is 0 Å². The average Bonchev–Trinajstić information content (AvgIpc) is 2.48. The van der Waals surface area contributed by atoms with Gasteiger partial charge in [-0.1, -0.05) is 19.9 Å². The predicted octanol–water partition coefficient (Wildman–Crippen LogP) is 2.27. The molecule has 2 unspecified atom stereocenters. The van der Waals surface area contributed by atoms with Crippen molar-refractivity contribution in [1.29, 1.82) is 0 Å². The number of nitrogens with zero attached hydrogens (tertiary/aromatic N) is 1. The maximum absolute atomic E-state index is 14.0. The van der Waals surface area contributed by atoms with E-state index in [9.17, 15) is 18.7 Å². The average molecular weight is 343 g/mol. The van der Waals surface area contributed by atoms with Crippen LogP contribution in [0.3, 0.4) is 0 Å². The molecule has 136 valence electrons. The standard InChI is InChI=1S/C17H27F2N3O2/c1-11(2)8-12(10-23)21-17(24)20-9-15(22(3)4)16-13(18)6-5-7-14(16)19/h5-7,11-12,15,23H,8-10H2,1-4H3,(H2,20,21,24). The minimum absolute atomic E-state index is 0.0382. The molecule has 2 amide bonds. The number of halogens is 2. The highest BCUT2D eigenvalue weighted by molar-refractivity contribution is 5.74. The van der Waals surface area contributed by atoms with E-state index in [1.807, 2.05) is 13.8 Å². The zero-order valence-electron chi connectivity index (χ0n) is 14.6. The highest BCUT2D eigenvalue weighted by atomic mass is 19.1. The maximum Gasteiger partial charge on any atom is 0.315 e. The molecule has 7 heteroatoms. The van der Waals surface area contributed by atoms with Gasteiger partial charge in [-0.05, 0) is 38.6 Å². The van der Waals surface area contributed by atoms with Gasteiger partial charge in [0.1, 0.15) is 11.6 Å². The van der Waals surface area contributed by atoms with Gasteiger partial charge in [-0.15, -0.1) is 0 Å². The van der Waals surface area contributed by atoms with E-state index >= 15 is 0 Å². The lowest BCUT2D eigenvalue weighted by molar-refractivity contribution is 0.202. The number of aliphatic hydroxyl groups is 1. The van der Waals surface area contributed by atoms with E-state index in [2.05, 4.69) is 10.6 Å². The second kappa shape index (κ2) is 9.54. The number of rotatable bonds is 8. The van der Waals surface area contributed by atoms with E-state index < -0.39 is 23.7 Å². The molecular weight excluding hydrogens is 316 g/mol. The Morgan fingerprint density at radius 2 is 1.83 bits per heavy atom. The highest BCUT2D eigenvalue weighted by Gasteiger charge is 2.23. The Bertz CT molecular complexity index is 518. The van der Waals surface area contributed by atoms with Crippen molar-refractivity contribution in [2.45, 2.75) is 32.4 Å². The molecule has 3 N–H and O–H groups in total. The van der Waals surface area contributed by atoms with E-state index in [1.165, 1.54) is 18.2 Å². The largest absolute Gasteiger partial charge is 0.394 e. The van der Waals surface area contributed by atoms with Gasteiger partial charge in [0.25, 0.3) is 0 Å². The fourth-order valence-corrected chi connectivity index (χ4v) is 2.55. The Hall–Kier alpha value is -1.73. The molecule has 1 aromatic carbocycles. The molecule has 0 spiro atoms. The highest BCUT2D eigenvalue weighted by Crippen LogP contribution is 2.23. The van der Waals surface area contributed by atoms with Gasteiger partial charge in [0, 0.05) is 12.1 Å². The maximum atomic E-state index is 14.0. The molecule has 0 aliphatic heterocycles. The Kier molecular flexibility index (Phi) is 8.07. The minimum Gasteiger partial charge on any atom is -0.394 e. The lowest BCUT2D eigenvalue weighted by Crippen LogP contribution is -2.46. The van der Waals surface area contributed by atoms with Crippen molar-refractivity contribution in [3.05, 3.63) is 35.4 Å². The van der Waals surface area contributed by atoms with Gasteiger partial charge in [0.15, 0.2) is 0 Å². The second-order valence-corrected chi connectivity index (χ2v) is 6.48. The fraction of sp³-hybridized carbons (Fsp3) is 0.588. The number of nitrogens with one attached hydrogen (secondary N) is 2. The molecule has 0 heterocycles. The predicted molar refractivity (Wildman–Crippen MR) is 89.6 cm³/mol. The molecule has 0 aliphatic rings. The number of carbonyl (C=O) groups is 1. The summed E-state index contributed by atoms with van der Waals surface area (Å²) in [5, 5.41) is 14.6. The van der Waals surface area contributed by atoms with Gasteiger partial charge in [0.05, 0.1) is 18.7 Å². The summed E-state index contributed by atoms with van der Waals surface area (Å²) in [6.45, 7) is 3.86. The molecule has 0 bridgehead atoms. The monoisotopic (exact) mass is 343 g/mol. The number of amides is 2. The molecule has 0 radical (unpaired) electrons. The Labute approximate surface area is 142 Å². The van der Waals surface area contributed by atoms with Gasteiger partial charge >= 0.3 is 6.03 Å². The van der Waals surface area contributed by atoms with Crippen molar-refractivity contribution in [1.82, 2.24) is 15.5 Å². The Morgan fingerprint density at radius 3 is 2.29 bits per heavy atom. The van der Waals surface area contributed by atoms with Gasteiger partial charge in [0.2, 0.25) is 0 Å². The Morgan fingerprint density at radius 1 is 1.25 bits per heavy atom. The summed E-state index contributed by atoms with van der Waals surface area (Å²) in [5.74, 6) is -0.975. The van der Waals surface area contributed by atoms with Crippen LogP contribution in [0.5, 0.6) is 0 Å². The number of carbonyl (C=O) groups excluding carboxylic acids is 1. The van der Waals surface area contributed by atoms with Gasteiger partial charge in [-0.2, -0.15) is 0 Å². The number of aliphatic hydroxyl groups excluding tert-OH is 1. The van der Waals surface area contributed by atoms with Crippen LogP contribution in [0.2, 0.25) is 0 Å². The first-order chi connectivity index (χ1) is 11.3. The van der Waals surface area contributed by atoms with Crippen molar-refractivity contribution in [3.8, 4) is 0 Å². The van der Waals surface area contributed by atoms with Crippen LogP contribution in [0.1, 0.15) is 31.9 Å². The second-order valence-electron chi connectivity index (χ2n) is 6.48. The van der Waals surface area contributed by atoms with Crippen molar-refractivity contribution < 1.29 is 18.7 Å². The van der Waals surface area contributed by atoms with Crippen LogP contribution in [0.25, 0.3) is 0 Å². The van der Waals surface area contributed by atoms with Crippen LogP contribution in [0, 0.1) is 17.6 Å². The summed E-state index contributed by atoms with van der Waals surface area (Å²) in [6, 6.07) is 2.22. The number of benzene rings is 1. The smallest absolute Gasteiger partial charge is 0.315 e. The van der Waals surface area contributed by atoms with E-state index in [1.54, 1.807) is 19.0 Å². The van der Waals surface area contributed by atoms with Crippen molar-refractivity contribution in [2.75, 3.05) is 27.2 Å². The van der Waals surface area contributed by atoms with E-state index in [-0.39, 0.29) is 24.8 Å². The molecule has 2 atom stereocenters. The normalized spacial score (nSPS) is 13.9. The van der Waals surface area contributed by atoms with Crippen LogP contribution < -0.4 is 10.6 Å². The summed E-state index contributed by atoms with van der Waals surface area (Å²) in [7, 11) is 3.37. The molecule has 0 fully saturated rings. The quantitative estimate of drug-likeness (QED) is 0.678. The molecule has 0 aliphatic carbocycles. The van der Waals surface area contributed by atoms with Crippen LogP contribution in [0.15, 0.2) is 18.2 Å². The third kappa shape index (κ3) is 6.05. The first-order valence-corrected chi connectivity index (χ1v) is 8.01. The summed E-state index contributed by atoms with van der Waals surface area (Å²) < 4.78 is 27.9.